The van der Waals surface area contributed by atoms with Crippen LogP contribution in [0.4, 0.5) is 9.52 Å². The summed E-state index contributed by atoms with van der Waals surface area (Å²) in [6.45, 7) is 7.18. The molecule has 7 nitrogen and oxygen atoms in total. The lowest BCUT2D eigenvalue weighted by atomic mass is 10.1. The molecule has 2 aromatic heterocycles. The molecule has 0 saturated carbocycles. The number of nitrogens with zero attached hydrogens (tertiary/aromatic N) is 2. The fourth-order valence-electron chi connectivity index (χ4n) is 2.88. The predicted molar refractivity (Wildman–Crippen MR) is 135 cm³/mol. The van der Waals surface area contributed by atoms with E-state index in [2.05, 4.69) is 15.3 Å². The van der Waals surface area contributed by atoms with E-state index in [0.29, 0.717) is 10.9 Å². The second-order valence-corrected chi connectivity index (χ2v) is 9.86. The van der Waals surface area contributed by atoms with Crippen LogP contribution >= 0.6 is 11.3 Å². The van der Waals surface area contributed by atoms with Crippen LogP contribution < -0.4 is 10.9 Å². The maximum atomic E-state index is 14.2. The number of aromatic nitrogens is 1. The van der Waals surface area contributed by atoms with E-state index in [-0.39, 0.29) is 32.6 Å². The van der Waals surface area contributed by atoms with Crippen LogP contribution in [-0.4, -0.2) is 27.1 Å². The van der Waals surface area contributed by atoms with Crippen LogP contribution in [0, 0.1) is 6.92 Å². The molecule has 3 aromatic rings. The number of carbonyl (C=O) groups excluding carboxylic acids is 1. The Bertz CT molecular complexity index is 1400. The van der Waals surface area contributed by atoms with Crippen molar-refractivity contribution in [1.29, 1.82) is 0 Å². The molecule has 1 unspecified atom stereocenters. The molecule has 2 heterocycles. The zero-order valence-corrected chi connectivity index (χ0v) is 20.8. The molecule has 0 aliphatic carbocycles. The normalized spacial score (nSPS) is 13.9. The van der Waals surface area contributed by atoms with Gasteiger partial charge in [0.05, 0.1) is 28.3 Å². The summed E-state index contributed by atoms with van der Waals surface area (Å²) < 4.78 is 32.1. The van der Waals surface area contributed by atoms with Gasteiger partial charge >= 0.3 is 5.63 Å². The number of thiazole rings is 1. The SMILES string of the molecule is CC/C(C)=C/N=C/C(F)=C(\C)CS(=O)c1csc(NC(=O)c2cccc3c(C)cc(=O)oc23)n1. The van der Waals surface area contributed by atoms with E-state index in [1.54, 1.807) is 43.6 Å². The fraction of sp³-hybridized carbons (Fsp3) is 0.250. The number of hydrogen-bond acceptors (Lipinski definition) is 7. The summed E-state index contributed by atoms with van der Waals surface area (Å²) in [6, 6.07) is 6.36. The van der Waals surface area contributed by atoms with Crippen LogP contribution in [0.15, 0.2) is 72.0 Å². The number of rotatable bonds is 8. The molecule has 0 bridgehead atoms. The van der Waals surface area contributed by atoms with Gasteiger partial charge in [0.1, 0.15) is 10.9 Å². The summed E-state index contributed by atoms with van der Waals surface area (Å²) in [4.78, 5) is 32.7. The van der Waals surface area contributed by atoms with E-state index in [9.17, 15) is 18.2 Å². The Morgan fingerprint density at radius 3 is 2.85 bits per heavy atom. The molecular weight excluding hydrogens is 477 g/mol. The monoisotopic (exact) mass is 501 g/mol. The van der Waals surface area contributed by atoms with Crippen molar-refractivity contribution in [3.63, 3.8) is 0 Å². The summed E-state index contributed by atoms with van der Waals surface area (Å²) in [6.07, 6.45) is 3.51. The number of nitrogens with one attached hydrogen (secondary N) is 1. The van der Waals surface area contributed by atoms with Crippen LogP contribution in [0.1, 0.15) is 43.1 Å². The summed E-state index contributed by atoms with van der Waals surface area (Å²) >= 11 is 1.10. The van der Waals surface area contributed by atoms with Crippen LogP contribution in [0.3, 0.4) is 0 Å². The summed E-state index contributed by atoms with van der Waals surface area (Å²) in [7, 11) is -1.60. The molecule has 1 N–H and O–H groups in total. The Morgan fingerprint density at radius 1 is 1.35 bits per heavy atom. The van der Waals surface area contributed by atoms with Gasteiger partial charge in [-0.3, -0.25) is 19.3 Å². The van der Waals surface area contributed by atoms with E-state index in [4.69, 9.17) is 4.42 Å². The first-order chi connectivity index (χ1) is 16.2. The van der Waals surface area contributed by atoms with E-state index in [0.717, 1.165) is 29.5 Å². The first kappa shape index (κ1) is 25.4. The van der Waals surface area contributed by atoms with Gasteiger partial charge in [0.25, 0.3) is 5.91 Å². The molecule has 1 atom stereocenters. The molecule has 0 saturated heterocycles. The van der Waals surface area contributed by atoms with Crippen molar-refractivity contribution in [2.24, 2.45) is 4.99 Å². The van der Waals surface area contributed by atoms with E-state index >= 15 is 0 Å². The Balaban J connectivity index is 1.73. The summed E-state index contributed by atoms with van der Waals surface area (Å²) in [5.74, 6) is -1.12. The van der Waals surface area contributed by atoms with Gasteiger partial charge in [-0.2, -0.15) is 0 Å². The summed E-state index contributed by atoms with van der Waals surface area (Å²) in [5, 5.41) is 5.30. The predicted octanol–water partition coefficient (Wildman–Crippen LogP) is 5.55. The fourth-order valence-corrected chi connectivity index (χ4v) is 4.95. The minimum Gasteiger partial charge on any atom is -0.422 e. The third-order valence-electron chi connectivity index (χ3n) is 4.95. The minimum atomic E-state index is -1.60. The second kappa shape index (κ2) is 11.3. The van der Waals surface area contributed by atoms with Crippen LogP contribution in [0.2, 0.25) is 0 Å². The van der Waals surface area contributed by atoms with Crippen LogP contribution in [-0.2, 0) is 10.8 Å². The molecule has 0 radical (unpaired) electrons. The number of fused-ring (bicyclic) bond motifs is 1. The Morgan fingerprint density at radius 2 is 2.12 bits per heavy atom. The smallest absolute Gasteiger partial charge is 0.336 e. The second-order valence-electron chi connectivity index (χ2n) is 7.60. The van der Waals surface area contributed by atoms with Gasteiger partial charge in [-0.05, 0) is 44.4 Å². The van der Waals surface area contributed by atoms with Gasteiger partial charge in [-0.1, -0.05) is 24.6 Å². The number of para-hydroxylation sites is 1. The number of carbonyl (C=O) groups is 1. The van der Waals surface area contributed by atoms with Gasteiger partial charge in [0, 0.05) is 23.0 Å². The Hall–Kier alpha value is -3.24. The third-order valence-corrected chi connectivity index (χ3v) is 7.23. The molecule has 34 heavy (non-hydrogen) atoms. The molecule has 10 heteroatoms. The molecule has 1 amide bonds. The largest absolute Gasteiger partial charge is 0.422 e. The molecule has 3 rings (SSSR count). The van der Waals surface area contributed by atoms with Crippen molar-refractivity contribution in [3.8, 4) is 0 Å². The number of allylic oxidation sites excluding steroid dienone is 2. The Kier molecular flexibility index (Phi) is 8.41. The Labute approximate surface area is 202 Å². The minimum absolute atomic E-state index is 0.0563. The number of amides is 1. The number of hydrogen-bond donors (Lipinski definition) is 1. The average Bonchev–Trinajstić information content (AvgIpc) is 3.26. The lowest BCUT2D eigenvalue weighted by Crippen LogP contribution is -2.13. The highest BCUT2D eigenvalue weighted by molar-refractivity contribution is 7.85. The molecule has 0 aliphatic heterocycles. The first-order valence-corrected chi connectivity index (χ1v) is 12.6. The first-order valence-electron chi connectivity index (χ1n) is 10.4. The van der Waals surface area contributed by atoms with Crippen molar-refractivity contribution < 1.29 is 17.8 Å². The highest BCUT2D eigenvalue weighted by atomic mass is 32.2. The zero-order valence-electron chi connectivity index (χ0n) is 19.2. The van der Waals surface area contributed by atoms with Crippen LogP contribution in [0.25, 0.3) is 11.0 Å². The maximum Gasteiger partial charge on any atom is 0.336 e. The van der Waals surface area contributed by atoms with Crippen molar-refractivity contribution in [2.75, 3.05) is 11.1 Å². The third kappa shape index (κ3) is 6.21. The molecule has 178 valence electrons. The standard InChI is InChI=1S/C24H24FN3O4S2/c1-5-14(2)10-26-11-19(25)16(4)13-34(31)20-12-33-24(27-20)28-23(30)18-8-6-7-17-15(3)9-21(29)32-22(17)18/h6-12H,5,13H2,1-4H3,(H,27,28,30)/b14-10+,19-16-,26-11+. The summed E-state index contributed by atoms with van der Waals surface area (Å²) in [5.41, 5.74) is 1.82. The van der Waals surface area contributed by atoms with Gasteiger partial charge in [0.15, 0.2) is 10.7 Å². The molecule has 1 aromatic carbocycles. The van der Waals surface area contributed by atoms with Crippen molar-refractivity contribution >= 4 is 50.4 Å². The lowest BCUT2D eigenvalue weighted by Gasteiger charge is -2.06. The van der Waals surface area contributed by atoms with E-state index < -0.39 is 28.2 Å². The zero-order chi connectivity index (χ0) is 24.8. The van der Waals surface area contributed by atoms with Gasteiger partial charge in [0.2, 0.25) is 0 Å². The van der Waals surface area contributed by atoms with Crippen molar-refractivity contribution in [1.82, 2.24) is 4.98 Å². The van der Waals surface area contributed by atoms with Crippen molar-refractivity contribution in [3.05, 3.63) is 74.4 Å². The number of aryl methyl sites for hydroxylation is 1. The van der Waals surface area contributed by atoms with Gasteiger partial charge in [-0.15, -0.1) is 11.3 Å². The van der Waals surface area contributed by atoms with E-state index in [1.165, 1.54) is 6.07 Å². The topological polar surface area (TPSA) is 102 Å². The number of anilines is 1. The lowest BCUT2D eigenvalue weighted by molar-refractivity contribution is 0.102. The number of benzene rings is 1. The average molecular weight is 502 g/mol. The number of halogens is 1. The van der Waals surface area contributed by atoms with Gasteiger partial charge in [-0.25, -0.2) is 14.2 Å². The van der Waals surface area contributed by atoms with E-state index in [1.807, 2.05) is 13.8 Å². The van der Waals surface area contributed by atoms with Gasteiger partial charge < -0.3 is 4.42 Å². The number of aliphatic imine (C=N–C) groups is 1. The van der Waals surface area contributed by atoms with Crippen LogP contribution in [0.5, 0.6) is 0 Å². The molecular formula is C24H24FN3O4S2. The molecule has 0 fully saturated rings. The molecule has 0 spiro atoms. The molecule has 0 aliphatic rings. The highest BCUT2D eigenvalue weighted by Crippen LogP contribution is 2.24. The highest BCUT2D eigenvalue weighted by Gasteiger charge is 2.17. The maximum absolute atomic E-state index is 14.2. The van der Waals surface area contributed by atoms with Crippen molar-refractivity contribution in [2.45, 2.75) is 39.1 Å². The quantitative estimate of drug-likeness (QED) is 0.322.